The van der Waals surface area contributed by atoms with E-state index in [4.69, 9.17) is 33.7 Å². The predicted molar refractivity (Wildman–Crippen MR) is 244 cm³/mol. The van der Waals surface area contributed by atoms with Crippen LogP contribution in [0.4, 0.5) is 5.69 Å². The summed E-state index contributed by atoms with van der Waals surface area (Å²) in [5.41, 5.74) is 2.36. The molecule has 0 spiro atoms. The summed E-state index contributed by atoms with van der Waals surface area (Å²) in [4.78, 5) is 34.4. The number of non-ortho nitro benzene ring substituents is 1. The molecule has 356 valence electrons. The summed E-state index contributed by atoms with van der Waals surface area (Å²) >= 11 is 0. The number of benzene rings is 2. The van der Waals surface area contributed by atoms with Crippen molar-refractivity contribution in [2.75, 3.05) is 52.8 Å². The quantitative estimate of drug-likeness (QED) is 0.0374. The molecule has 1 amide bonds. The van der Waals surface area contributed by atoms with E-state index in [9.17, 15) is 30.2 Å². The predicted octanol–water partition coefficient (Wildman–Crippen LogP) is 8.36. The second kappa shape index (κ2) is 23.9. The van der Waals surface area contributed by atoms with Crippen LogP contribution in [0.25, 0.3) is 0 Å². The highest BCUT2D eigenvalue weighted by Crippen LogP contribution is 2.62. The lowest BCUT2D eigenvalue weighted by Crippen LogP contribution is -2.70. The van der Waals surface area contributed by atoms with E-state index in [1.165, 1.54) is 25.0 Å². The molecular formula is C50H69N3O12. The third-order valence-corrected chi connectivity index (χ3v) is 14.0. The fourth-order valence-corrected chi connectivity index (χ4v) is 11.0. The highest BCUT2D eigenvalue weighted by Gasteiger charge is 2.65. The van der Waals surface area contributed by atoms with Gasteiger partial charge in [-0.25, -0.2) is 0 Å². The molecule has 7 rings (SSSR count). The first-order valence-corrected chi connectivity index (χ1v) is 24.1. The van der Waals surface area contributed by atoms with Gasteiger partial charge in [0, 0.05) is 56.6 Å². The van der Waals surface area contributed by atoms with Crippen LogP contribution in [0, 0.1) is 33.8 Å². The molecule has 1 saturated heterocycles. The topological polar surface area (TPSA) is 192 Å². The SMILES string of the molecule is C=CCO[C@@]12Oc3ccc(Oc4cccc([N+](=O)[O-])c4)cc3[C@H]3[C@H](CCCCO)[C@@H](CCCCO)C=C(C(=NOC4CCCCO4)C[C@@H]1N(CCOCCO)C(=O)CCC1CCCC1)[C@H]32. The summed E-state index contributed by atoms with van der Waals surface area (Å²) in [6, 6.07) is 11.0. The number of nitro groups is 1. The summed E-state index contributed by atoms with van der Waals surface area (Å²) < 4.78 is 32.8. The van der Waals surface area contributed by atoms with Crippen molar-refractivity contribution in [1.82, 2.24) is 4.90 Å². The molecule has 0 aromatic heterocycles. The minimum absolute atomic E-state index is 0.0154. The second-order valence-corrected chi connectivity index (χ2v) is 18.1. The molecule has 15 heteroatoms. The summed E-state index contributed by atoms with van der Waals surface area (Å²) in [5, 5.41) is 46.3. The van der Waals surface area contributed by atoms with Crippen molar-refractivity contribution in [2.24, 2.45) is 28.8 Å². The largest absolute Gasteiger partial charge is 0.459 e. The molecule has 3 N–H and O–H groups in total. The van der Waals surface area contributed by atoms with Crippen LogP contribution in [0.5, 0.6) is 17.2 Å². The fourth-order valence-electron chi connectivity index (χ4n) is 11.0. The van der Waals surface area contributed by atoms with Gasteiger partial charge in [-0.2, -0.15) is 0 Å². The van der Waals surface area contributed by atoms with E-state index in [0.29, 0.717) is 61.2 Å². The molecule has 3 aliphatic carbocycles. The van der Waals surface area contributed by atoms with Gasteiger partial charge in [-0.05, 0) is 92.5 Å². The number of nitrogens with zero attached hydrogens (tertiary/aromatic N) is 3. The minimum atomic E-state index is -1.45. The van der Waals surface area contributed by atoms with Gasteiger partial charge in [-0.3, -0.25) is 14.9 Å². The summed E-state index contributed by atoms with van der Waals surface area (Å²) in [7, 11) is 0. The highest BCUT2D eigenvalue weighted by atomic mass is 16.8. The Labute approximate surface area is 382 Å². The standard InChI is InChI=1S/C50H69N3O12/c1-2-27-62-50-45(52(23-29-60-30-26-56)46(57)22-19-35-12-3-4-13-35)34-43(51-65-47-18-7-10-28-61-47)41-31-36(14-5-8-24-54)40(17-6-9-25-55)48(49(41)50)42-33-39(20-21-44(42)64-50)63-38-16-11-15-37(32-38)53(58)59/h2,11,15-16,20-21,31-33,35-36,40,45,47-49,54-56H,1,3-10,12-14,17-19,22-30,34H2/t36-,40+,45-,47?,48+,49+,50+/m0/s1. The maximum Gasteiger partial charge on any atom is 0.273 e. The van der Waals surface area contributed by atoms with Crippen LogP contribution >= 0.6 is 0 Å². The number of amides is 1. The van der Waals surface area contributed by atoms with Crippen LogP contribution < -0.4 is 9.47 Å². The van der Waals surface area contributed by atoms with Gasteiger partial charge < -0.3 is 48.7 Å². The van der Waals surface area contributed by atoms with Crippen LogP contribution in [0.3, 0.4) is 0 Å². The number of allylic oxidation sites excluding steroid dienone is 1. The Morgan fingerprint density at radius 1 is 0.954 bits per heavy atom. The molecule has 2 aromatic carbocycles. The average molecular weight is 904 g/mol. The molecule has 2 heterocycles. The molecule has 2 aromatic rings. The average Bonchev–Trinajstić information content (AvgIpc) is 3.85. The van der Waals surface area contributed by atoms with Gasteiger partial charge in [-0.1, -0.05) is 61.9 Å². The Morgan fingerprint density at radius 3 is 2.48 bits per heavy atom. The van der Waals surface area contributed by atoms with Crippen LogP contribution in [-0.4, -0.2) is 108 Å². The summed E-state index contributed by atoms with van der Waals surface area (Å²) in [5.74, 6) is -0.481. The maximum atomic E-state index is 15.0. The summed E-state index contributed by atoms with van der Waals surface area (Å²) in [6.45, 7) is 5.27. The molecule has 1 unspecified atom stereocenters. The Morgan fingerprint density at radius 2 is 1.74 bits per heavy atom. The van der Waals surface area contributed by atoms with E-state index in [-0.39, 0.29) is 82.0 Å². The molecular weight excluding hydrogens is 835 g/mol. The first-order chi connectivity index (χ1) is 31.8. The molecule has 0 radical (unpaired) electrons. The number of rotatable bonds is 25. The van der Waals surface area contributed by atoms with Crippen molar-refractivity contribution >= 4 is 17.3 Å². The van der Waals surface area contributed by atoms with Crippen molar-refractivity contribution in [3.05, 3.63) is 82.4 Å². The normalized spacial score (nSPS) is 26.7. The van der Waals surface area contributed by atoms with Crippen molar-refractivity contribution in [3.8, 4) is 17.2 Å². The van der Waals surface area contributed by atoms with Crippen molar-refractivity contribution in [2.45, 2.75) is 127 Å². The van der Waals surface area contributed by atoms with Crippen LogP contribution in [0.2, 0.25) is 0 Å². The van der Waals surface area contributed by atoms with Gasteiger partial charge in [0.1, 0.15) is 23.3 Å². The number of unbranched alkanes of at least 4 members (excludes halogenated alkanes) is 2. The van der Waals surface area contributed by atoms with Gasteiger partial charge >= 0.3 is 0 Å². The number of aliphatic hydroxyl groups excluding tert-OH is 3. The van der Waals surface area contributed by atoms with Crippen LogP contribution in [-0.2, 0) is 23.8 Å². The smallest absolute Gasteiger partial charge is 0.273 e. The number of fused-ring (bicyclic) bond motifs is 2. The third kappa shape index (κ3) is 11.8. The van der Waals surface area contributed by atoms with Gasteiger partial charge in [0.15, 0.2) is 0 Å². The maximum absolute atomic E-state index is 15.0. The molecule has 3 fully saturated rings. The van der Waals surface area contributed by atoms with Crippen molar-refractivity contribution in [1.29, 1.82) is 0 Å². The molecule has 65 heavy (non-hydrogen) atoms. The second-order valence-electron chi connectivity index (χ2n) is 18.1. The van der Waals surface area contributed by atoms with E-state index in [1.54, 1.807) is 24.3 Å². The number of hydrogen-bond donors (Lipinski definition) is 3. The number of oxime groups is 1. The van der Waals surface area contributed by atoms with Gasteiger partial charge in [-0.15, -0.1) is 6.58 Å². The molecule has 2 aliphatic heterocycles. The molecule has 5 aliphatic rings. The lowest BCUT2D eigenvalue weighted by molar-refractivity contribution is -0.384. The Balaban J connectivity index is 1.41. The highest BCUT2D eigenvalue weighted by molar-refractivity contribution is 6.03. The molecule has 0 bridgehead atoms. The van der Waals surface area contributed by atoms with E-state index < -0.39 is 29.0 Å². The lowest BCUT2D eigenvalue weighted by atomic mass is 9.55. The first-order valence-electron chi connectivity index (χ1n) is 24.1. The minimum Gasteiger partial charge on any atom is -0.459 e. The summed E-state index contributed by atoms with van der Waals surface area (Å²) in [6.07, 6.45) is 16.4. The van der Waals surface area contributed by atoms with Crippen molar-refractivity contribution in [3.63, 3.8) is 0 Å². The van der Waals surface area contributed by atoms with Crippen LogP contribution in [0.15, 0.2) is 71.9 Å². The number of aliphatic hydroxyl groups is 3. The monoisotopic (exact) mass is 903 g/mol. The number of carbonyl (C=O) groups excluding carboxylic acids is 1. The van der Waals surface area contributed by atoms with Crippen molar-refractivity contribution < 1.29 is 53.6 Å². The number of nitro benzene ring substituents is 1. The Bertz CT molecular complexity index is 1950. The number of ether oxygens (including phenoxy) is 5. The lowest BCUT2D eigenvalue weighted by Gasteiger charge is -2.60. The van der Waals surface area contributed by atoms with Gasteiger partial charge in [0.05, 0.1) is 55.7 Å². The van der Waals surface area contributed by atoms with E-state index in [0.717, 1.165) is 68.9 Å². The van der Waals surface area contributed by atoms with E-state index in [2.05, 4.69) is 12.7 Å². The number of hydrogen-bond acceptors (Lipinski definition) is 13. The zero-order chi connectivity index (χ0) is 45.6. The third-order valence-electron chi connectivity index (χ3n) is 14.0. The van der Waals surface area contributed by atoms with Gasteiger partial charge in [0.2, 0.25) is 18.0 Å². The van der Waals surface area contributed by atoms with E-state index >= 15 is 0 Å². The van der Waals surface area contributed by atoms with Crippen LogP contribution in [0.1, 0.15) is 114 Å². The van der Waals surface area contributed by atoms with Gasteiger partial charge in [0.25, 0.3) is 5.69 Å². The number of carbonyl (C=O) groups is 1. The fraction of sp³-hybridized carbons (Fsp3) is 0.640. The molecule has 15 nitrogen and oxygen atoms in total. The zero-order valence-electron chi connectivity index (χ0n) is 37.8. The zero-order valence-corrected chi connectivity index (χ0v) is 37.8. The Kier molecular flexibility index (Phi) is 17.8. The Hall–Kier alpha value is -4.38. The molecule has 2 saturated carbocycles. The first kappa shape index (κ1) is 48.6. The van der Waals surface area contributed by atoms with E-state index in [1.807, 2.05) is 17.0 Å². The molecule has 7 atom stereocenters.